The van der Waals surface area contributed by atoms with E-state index in [4.69, 9.17) is 16.3 Å². The van der Waals surface area contributed by atoms with Gasteiger partial charge in [-0.2, -0.15) is 0 Å². The van der Waals surface area contributed by atoms with Crippen LogP contribution >= 0.6 is 11.6 Å². The van der Waals surface area contributed by atoms with E-state index in [0.717, 1.165) is 11.4 Å². The molecule has 0 aliphatic carbocycles. The first-order valence-corrected chi connectivity index (χ1v) is 4.81. The van der Waals surface area contributed by atoms with Gasteiger partial charge in [0.1, 0.15) is 5.75 Å². The molecule has 0 N–H and O–H groups in total. The highest BCUT2D eigenvalue weighted by atomic mass is 35.5. The minimum Gasteiger partial charge on any atom is -0.494 e. The fraction of sp³-hybridized carbons (Fsp3) is 0.400. The van der Waals surface area contributed by atoms with Gasteiger partial charge >= 0.3 is 0 Å². The third-order valence-corrected chi connectivity index (χ3v) is 2.13. The smallest absolute Gasteiger partial charge is 0.119 e. The van der Waals surface area contributed by atoms with Crippen LogP contribution in [0.2, 0.25) is 0 Å². The van der Waals surface area contributed by atoms with Crippen molar-refractivity contribution < 1.29 is 4.74 Å². The van der Waals surface area contributed by atoms with Crippen LogP contribution in [0.1, 0.15) is 6.92 Å². The topological polar surface area (TPSA) is 12.5 Å². The minimum atomic E-state index is 0.494. The number of anilines is 1. The van der Waals surface area contributed by atoms with Crippen molar-refractivity contribution in [3.8, 4) is 5.75 Å². The SMILES string of the molecule is CCOc1ccc(N(C)CCl)cc1. The van der Waals surface area contributed by atoms with Crippen molar-refractivity contribution in [2.45, 2.75) is 6.92 Å². The number of benzene rings is 1. The molecule has 0 bridgehead atoms. The molecule has 0 saturated carbocycles. The number of hydrogen-bond donors (Lipinski definition) is 0. The molecule has 3 heteroatoms. The predicted octanol–water partition coefficient (Wildman–Crippen LogP) is 2.72. The Bertz CT molecular complexity index is 248. The molecule has 13 heavy (non-hydrogen) atoms. The second kappa shape index (κ2) is 4.97. The summed E-state index contributed by atoms with van der Waals surface area (Å²) >= 11 is 5.68. The Morgan fingerprint density at radius 1 is 1.31 bits per heavy atom. The van der Waals surface area contributed by atoms with E-state index in [0.29, 0.717) is 12.6 Å². The summed E-state index contributed by atoms with van der Waals surface area (Å²) in [5.74, 6) is 0.897. The zero-order valence-corrected chi connectivity index (χ0v) is 8.71. The molecule has 0 saturated heterocycles. The molecule has 0 spiro atoms. The molecule has 0 aliphatic heterocycles. The third kappa shape index (κ3) is 2.81. The largest absolute Gasteiger partial charge is 0.494 e. The lowest BCUT2D eigenvalue weighted by Gasteiger charge is -2.15. The Morgan fingerprint density at radius 2 is 1.92 bits per heavy atom. The Morgan fingerprint density at radius 3 is 2.38 bits per heavy atom. The standard InChI is InChI=1S/C10H14ClNO/c1-3-13-10-6-4-9(5-7-10)12(2)8-11/h4-7H,3,8H2,1-2H3. The fourth-order valence-corrected chi connectivity index (χ4v) is 1.17. The van der Waals surface area contributed by atoms with Crippen molar-refractivity contribution in [1.29, 1.82) is 0 Å². The van der Waals surface area contributed by atoms with Gasteiger partial charge in [0.2, 0.25) is 0 Å². The number of ether oxygens (including phenoxy) is 1. The lowest BCUT2D eigenvalue weighted by molar-refractivity contribution is 0.340. The first-order chi connectivity index (χ1) is 6.27. The van der Waals surface area contributed by atoms with Crippen LogP contribution in [-0.2, 0) is 0 Å². The number of alkyl halides is 1. The monoisotopic (exact) mass is 199 g/mol. The molecule has 1 aromatic carbocycles. The summed E-state index contributed by atoms with van der Waals surface area (Å²) in [7, 11) is 1.95. The fourth-order valence-electron chi connectivity index (χ4n) is 1.03. The summed E-state index contributed by atoms with van der Waals surface area (Å²) in [5.41, 5.74) is 1.10. The molecule has 0 fully saturated rings. The van der Waals surface area contributed by atoms with Gasteiger partial charge in [0.25, 0.3) is 0 Å². The normalized spacial score (nSPS) is 9.77. The van der Waals surface area contributed by atoms with Crippen LogP contribution in [0, 0.1) is 0 Å². The highest BCUT2D eigenvalue weighted by molar-refractivity contribution is 6.18. The highest BCUT2D eigenvalue weighted by Gasteiger charge is 1.98. The molecule has 0 radical (unpaired) electrons. The van der Waals surface area contributed by atoms with Gasteiger partial charge in [0.15, 0.2) is 0 Å². The van der Waals surface area contributed by atoms with Crippen molar-refractivity contribution in [3.63, 3.8) is 0 Å². The zero-order chi connectivity index (χ0) is 9.68. The Labute approximate surface area is 84.1 Å². The van der Waals surface area contributed by atoms with E-state index in [-0.39, 0.29) is 0 Å². The highest BCUT2D eigenvalue weighted by Crippen LogP contribution is 2.18. The maximum Gasteiger partial charge on any atom is 0.119 e. The van der Waals surface area contributed by atoms with Crippen LogP contribution in [-0.4, -0.2) is 19.7 Å². The molecular weight excluding hydrogens is 186 g/mol. The molecule has 0 atom stereocenters. The van der Waals surface area contributed by atoms with E-state index >= 15 is 0 Å². The molecule has 0 heterocycles. The average molecular weight is 200 g/mol. The molecule has 1 rings (SSSR count). The van der Waals surface area contributed by atoms with Crippen LogP contribution < -0.4 is 9.64 Å². The Kier molecular flexibility index (Phi) is 3.90. The van der Waals surface area contributed by atoms with Crippen LogP contribution in [0.15, 0.2) is 24.3 Å². The average Bonchev–Trinajstić information content (AvgIpc) is 2.18. The van der Waals surface area contributed by atoms with Crippen LogP contribution in [0.4, 0.5) is 5.69 Å². The molecule has 2 nitrogen and oxygen atoms in total. The van der Waals surface area contributed by atoms with Gasteiger partial charge in [-0.15, -0.1) is 11.6 Å². The second-order valence-electron chi connectivity index (χ2n) is 2.74. The minimum absolute atomic E-state index is 0.494. The van der Waals surface area contributed by atoms with E-state index in [1.807, 2.05) is 43.1 Å². The molecule has 0 aromatic heterocycles. The van der Waals surface area contributed by atoms with Crippen molar-refractivity contribution in [3.05, 3.63) is 24.3 Å². The molecule has 1 aromatic rings. The van der Waals surface area contributed by atoms with Gasteiger partial charge in [0.05, 0.1) is 12.6 Å². The number of halogens is 1. The van der Waals surface area contributed by atoms with E-state index in [9.17, 15) is 0 Å². The van der Waals surface area contributed by atoms with Crippen molar-refractivity contribution in [1.82, 2.24) is 0 Å². The summed E-state index contributed by atoms with van der Waals surface area (Å²) in [6.07, 6.45) is 0. The van der Waals surface area contributed by atoms with Crippen LogP contribution in [0.25, 0.3) is 0 Å². The van der Waals surface area contributed by atoms with Crippen LogP contribution in [0.3, 0.4) is 0 Å². The van der Waals surface area contributed by atoms with Gasteiger partial charge in [-0.25, -0.2) is 0 Å². The van der Waals surface area contributed by atoms with E-state index < -0.39 is 0 Å². The summed E-state index contributed by atoms with van der Waals surface area (Å²) in [6, 6.07) is 8.37. The zero-order valence-electron chi connectivity index (χ0n) is 7.96. The third-order valence-electron chi connectivity index (χ3n) is 1.77. The molecule has 0 amide bonds. The van der Waals surface area contributed by atoms with Crippen LogP contribution in [0.5, 0.6) is 5.75 Å². The number of hydrogen-bond acceptors (Lipinski definition) is 2. The lowest BCUT2D eigenvalue weighted by Crippen LogP contribution is -2.13. The van der Waals surface area contributed by atoms with Crippen molar-refractivity contribution in [2.24, 2.45) is 0 Å². The summed E-state index contributed by atoms with van der Waals surface area (Å²) in [6.45, 7) is 2.67. The van der Waals surface area contributed by atoms with E-state index in [1.165, 1.54) is 0 Å². The molecule has 0 unspecified atom stereocenters. The summed E-state index contributed by atoms with van der Waals surface area (Å²) in [4.78, 5) is 1.96. The Hall–Kier alpha value is -0.890. The van der Waals surface area contributed by atoms with Crippen molar-refractivity contribution in [2.75, 3.05) is 24.6 Å². The Balaban J connectivity index is 2.69. The lowest BCUT2D eigenvalue weighted by atomic mass is 10.3. The maximum absolute atomic E-state index is 5.68. The molecule has 0 aliphatic rings. The number of nitrogens with zero attached hydrogens (tertiary/aromatic N) is 1. The van der Waals surface area contributed by atoms with E-state index in [2.05, 4.69) is 0 Å². The number of rotatable bonds is 4. The quantitative estimate of drug-likeness (QED) is 0.546. The summed E-state index contributed by atoms with van der Waals surface area (Å²) in [5, 5.41) is 0. The predicted molar refractivity (Wildman–Crippen MR) is 56.7 cm³/mol. The maximum atomic E-state index is 5.68. The molecular formula is C10H14ClNO. The van der Waals surface area contributed by atoms with Gasteiger partial charge in [-0.1, -0.05) is 0 Å². The van der Waals surface area contributed by atoms with E-state index in [1.54, 1.807) is 0 Å². The van der Waals surface area contributed by atoms with Gasteiger partial charge in [-0.3, -0.25) is 0 Å². The van der Waals surface area contributed by atoms with Gasteiger partial charge in [-0.05, 0) is 31.2 Å². The van der Waals surface area contributed by atoms with Gasteiger partial charge < -0.3 is 9.64 Å². The van der Waals surface area contributed by atoms with Gasteiger partial charge in [0, 0.05) is 12.7 Å². The first-order valence-electron chi connectivity index (χ1n) is 4.28. The van der Waals surface area contributed by atoms with Crippen molar-refractivity contribution >= 4 is 17.3 Å². The first kappa shape index (κ1) is 10.2. The second-order valence-corrected chi connectivity index (χ2v) is 2.98. The summed E-state index contributed by atoms with van der Waals surface area (Å²) < 4.78 is 5.32. The molecule has 72 valence electrons.